The lowest BCUT2D eigenvalue weighted by atomic mass is 10.1. The zero-order chi connectivity index (χ0) is 21.6. The minimum Gasteiger partial charge on any atom is -0.480 e. The molecule has 1 atom stereocenters. The van der Waals surface area contributed by atoms with Crippen molar-refractivity contribution in [2.75, 3.05) is 11.5 Å². The maximum atomic E-state index is 11.0. The molecule has 0 aliphatic carbocycles. The average molecular weight is 428 g/mol. The number of thioether (sulfide) groups is 1. The van der Waals surface area contributed by atoms with Crippen LogP contribution in [-0.4, -0.2) is 34.5 Å². The molecule has 0 aliphatic heterocycles. The van der Waals surface area contributed by atoms with Crippen LogP contribution in [0.1, 0.15) is 110 Å². The topological polar surface area (TPSA) is 66.4 Å². The molecular weight excluding hydrogens is 382 g/mol. The lowest BCUT2D eigenvalue weighted by molar-refractivity contribution is -0.140. The van der Waals surface area contributed by atoms with Crippen LogP contribution < -0.4 is 5.32 Å². The van der Waals surface area contributed by atoms with E-state index in [2.05, 4.69) is 24.4 Å². The zero-order valence-electron chi connectivity index (χ0n) is 18.9. The minimum absolute atomic E-state index is 0.286. The molecule has 0 aromatic heterocycles. The van der Waals surface area contributed by atoms with Gasteiger partial charge in [0.1, 0.15) is 6.04 Å². The number of hydrogen-bond donors (Lipinski definition) is 2. The zero-order valence-corrected chi connectivity index (χ0v) is 19.7. The predicted molar refractivity (Wildman–Crippen MR) is 127 cm³/mol. The van der Waals surface area contributed by atoms with E-state index < -0.39 is 12.0 Å². The molecule has 0 saturated heterocycles. The maximum Gasteiger partial charge on any atom is 0.327 e. The molecule has 0 radical (unpaired) electrons. The van der Waals surface area contributed by atoms with E-state index in [0.717, 1.165) is 12.2 Å². The molecule has 2 N–H and O–H groups in total. The highest BCUT2D eigenvalue weighted by atomic mass is 32.2. The van der Waals surface area contributed by atoms with Gasteiger partial charge in [0.15, 0.2) is 0 Å². The van der Waals surface area contributed by atoms with E-state index >= 15 is 0 Å². The molecule has 0 bridgehead atoms. The van der Waals surface area contributed by atoms with E-state index in [4.69, 9.17) is 5.11 Å². The lowest BCUT2D eigenvalue weighted by Crippen LogP contribution is -2.41. The Morgan fingerprint density at radius 2 is 1.31 bits per heavy atom. The molecular formula is C24H45NO3S. The van der Waals surface area contributed by atoms with Crippen molar-refractivity contribution in [3.63, 3.8) is 0 Å². The van der Waals surface area contributed by atoms with E-state index in [-0.39, 0.29) is 5.91 Å². The van der Waals surface area contributed by atoms with Gasteiger partial charge in [-0.3, -0.25) is 4.79 Å². The number of unbranched alkanes of at least 4 members (excludes halogenated alkanes) is 13. The highest BCUT2D eigenvalue weighted by molar-refractivity contribution is 7.99. The van der Waals surface area contributed by atoms with Crippen molar-refractivity contribution in [1.82, 2.24) is 5.32 Å². The lowest BCUT2D eigenvalue weighted by Gasteiger charge is -2.12. The van der Waals surface area contributed by atoms with Gasteiger partial charge < -0.3 is 10.4 Å². The second kappa shape index (κ2) is 21.7. The Morgan fingerprint density at radius 1 is 0.828 bits per heavy atom. The van der Waals surface area contributed by atoms with E-state index in [9.17, 15) is 9.59 Å². The summed E-state index contributed by atoms with van der Waals surface area (Å²) in [4.78, 5) is 22.0. The molecule has 170 valence electrons. The van der Waals surface area contributed by atoms with Gasteiger partial charge in [0, 0.05) is 12.7 Å². The van der Waals surface area contributed by atoms with Gasteiger partial charge in [0.05, 0.1) is 0 Å². The molecule has 1 amide bonds. The van der Waals surface area contributed by atoms with Crippen LogP contribution in [0.25, 0.3) is 0 Å². The standard InChI is InChI=1S/C24H45NO3S/c1-3-4-5-6-7-8-9-10-11-12-13-14-15-16-17-18-19-20-29-21-23(24(27)28)25-22(2)26/h11-12,23H,3-10,13-21H2,1-2H3,(H,25,26)(H,27,28)/b12-11-/t23-/m0/s1. The fraction of sp³-hybridized carbons (Fsp3) is 0.833. The van der Waals surface area contributed by atoms with Crippen molar-refractivity contribution in [2.24, 2.45) is 0 Å². The third kappa shape index (κ3) is 21.6. The van der Waals surface area contributed by atoms with Crippen LogP contribution in [0.4, 0.5) is 0 Å². The van der Waals surface area contributed by atoms with Gasteiger partial charge in [-0.15, -0.1) is 0 Å². The number of carbonyl (C=O) groups is 2. The number of aliphatic carboxylic acids is 1. The number of allylic oxidation sites excluding steroid dienone is 2. The summed E-state index contributed by atoms with van der Waals surface area (Å²) in [7, 11) is 0. The van der Waals surface area contributed by atoms with Gasteiger partial charge in [-0.1, -0.05) is 83.3 Å². The van der Waals surface area contributed by atoms with Gasteiger partial charge >= 0.3 is 5.97 Å². The van der Waals surface area contributed by atoms with E-state index in [1.54, 1.807) is 11.8 Å². The first-order valence-electron chi connectivity index (χ1n) is 11.8. The monoisotopic (exact) mass is 427 g/mol. The van der Waals surface area contributed by atoms with Crippen LogP contribution in [0.5, 0.6) is 0 Å². The molecule has 0 aromatic carbocycles. The average Bonchev–Trinajstić information content (AvgIpc) is 2.68. The SMILES string of the molecule is CCCCCCCCC/C=C\CCCCCCCCSC[C@H](NC(C)=O)C(=O)O. The highest BCUT2D eigenvalue weighted by Gasteiger charge is 2.17. The molecule has 0 aliphatic rings. The third-order valence-electron chi connectivity index (χ3n) is 5.01. The number of rotatable bonds is 21. The number of nitrogens with one attached hydrogen (secondary N) is 1. The van der Waals surface area contributed by atoms with Crippen molar-refractivity contribution in [3.8, 4) is 0 Å². The summed E-state index contributed by atoms with van der Waals surface area (Å²) in [6.45, 7) is 3.62. The van der Waals surface area contributed by atoms with Gasteiger partial charge in [0.25, 0.3) is 0 Å². The predicted octanol–water partition coefficient (Wildman–Crippen LogP) is 6.74. The summed E-state index contributed by atoms with van der Waals surface area (Å²) in [5, 5.41) is 11.5. The molecule has 0 spiro atoms. The Labute approximate surface area is 183 Å². The minimum atomic E-state index is -0.954. The number of carbonyl (C=O) groups excluding carboxylic acids is 1. The van der Waals surface area contributed by atoms with Crippen LogP contribution in [0.2, 0.25) is 0 Å². The highest BCUT2D eigenvalue weighted by Crippen LogP contribution is 2.12. The maximum absolute atomic E-state index is 11.0. The Bertz CT molecular complexity index is 426. The normalized spacial score (nSPS) is 12.3. The summed E-state index contributed by atoms with van der Waals surface area (Å²) in [5.74, 6) is 0.167. The summed E-state index contributed by atoms with van der Waals surface area (Å²) >= 11 is 1.61. The van der Waals surface area contributed by atoms with Crippen molar-refractivity contribution in [3.05, 3.63) is 12.2 Å². The van der Waals surface area contributed by atoms with Crippen molar-refractivity contribution >= 4 is 23.6 Å². The van der Waals surface area contributed by atoms with Gasteiger partial charge in [-0.25, -0.2) is 4.79 Å². The van der Waals surface area contributed by atoms with E-state index in [1.807, 2.05) is 0 Å². The largest absolute Gasteiger partial charge is 0.480 e. The second-order valence-corrected chi connectivity index (χ2v) is 9.11. The number of amides is 1. The van der Waals surface area contributed by atoms with Crippen molar-refractivity contribution in [2.45, 2.75) is 116 Å². The fourth-order valence-corrected chi connectivity index (χ4v) is 4.29. The molecule has 0 aromatic rings. The Hall–Kier alpha value is -0.970. The number of hydrogen-bond acceptors (Lipinski definition) is 3. The quantitative estimate of drug-likeness (QED) is 0.157. The van der Waals surface area contributed by atoms with Gasteiger partial charge in [-0.2, -0.15) is 11.8 Å². The molecule has 0 fully saturated rings. The summed E-state index contributed by atoms with van der Waals surface area (Å²) in [6, 6.07) is -0.767. The first kappa shape index (κ1) is 28.0. The Balaban J connectivity index is 3.31. The first-order valence-corrected chi connectivity index (χ1v) is 13.0. The Morgan fingerprint density at radius 3 is 1.79 bits per heavy atom. The molecule has 29 heavy (non-hydrogen) atoms. The van der Waals surface area contributed by atoms with Crippen molar-refractivity contribution < 1.29 is 14.7 Å². The molecule has 0 heterocycles. The summed E-state index contributed by atoms with van der Waals surface area (Å²) in [6.07, 6.45) is 24.4. The molecule has 0 rings (SSSR count). The smallest absolute Gasteiger partial charge is 0.327 e. The van der Waals surface area contributed by atoms with E-state index in [1.165, 1.54) is 96.8 Å². The third-order valence-corrected chi connectivity index (χ3v) is 6.16. The molecule has 5 heteroatoms. The first-order chi connectivity index (χ1) is 14.1. The molecule has 0 unspecified atom stereocenters. The summed E-state index contributed by atoms with van der Waals surface area (Å²) < 4.78 is 0. The van der Waals surface area contributed by atoms with Gasteiger partial charge in [0.2, 0.25) is 5.91 Å². The van der Waals surface area contributed by atoms with Crippen LogP contribution in [0, 0.1) is 0 Å². The van der Waals surface area contributed by atoms with Crippen LogP contribution in [0.15, 0.2) is 12.2 Å². The fourth-order valence-electron chi connectivity index (χ4n) is 3.25. The summed E-state index contributed by atoms with van der Waals surface area (Å²) in [5.41, 5.74) is 0. The molecule has 0 saturated carbocycles. The van der Waals surface area contributed by atoms with Crippen LogP contribution in [0.3, 0.4) is 0 Å². The molecule has 4 nitrogen and oxygen atoms in total. The van der Waals surface area contributed by atoms with Crippen LogP contribution >= 0.6 is 11.8 Å². The number of carboxylic acids is 1. The Kier molecular flexibility index (Phi) is 21.0. The second-order valence-electron chi connectivity index (χ2n) is 7.96. The van der Waals surface area contributed by atoms with E-state index in [0.29, 0.717) is 5.75 Å². The van der Waals surface area contributed by atoms with Crippen molar-refractivity contribution in [1.29, 1.82) is 0 Å². The number of carboxylic acid groups (broad SMARTS) is 1. The van der Waals surface area contributed by atoms with Crippen LogP contribution in [-0.2, 0) is 9.59 Å². The van der Waals surface area contributed by atoms with Gasteiger partial charge in [-0.05, 0) is 37.9 Å².